The molecule has 1 aromatic heterocycles. The molecule has 3 N–H and O–H groups in total. The van der Waals surface area contributed by atoms with E-state index in [-0.39, 0.29) is 11.7 Å². The molecular formula is C14H11N3O. The van der Waals surface area contributed by atoms with Crippen LogP contribution in [0.4, 0.5) is 5.95 Å². The highest BCUT2D eigenvalue weighted by Crippen LogP contribution is 2.27. The van der Waals surface area contributed by atoms with Gasteiger partial charge in [0.25, 0.3) is 0 Å². The third-order valence-corrected chi connectivity index (χ3v) is 2.76. The van der Waals surface area contributed by atoms with Gasteiger partial charge in [-0.25, -0.2) is 9.97 Å². The highest BCUT2D eigenvalue weighted by atomic mass is 16.3. The van der Waals surface area contributed by atoms with Gasteiger partial charge in [0.2, 0.25) is 5.95 Å². The molecule has 88 valence electrons. The molecule has 0 aliphatic heterocycles. The van der Waals surface area contributed by atoms with Crippen LogP contribution in [0.5, 0.6) is 5.75 Å². The number of anilines is 1. The summed E-state index contributed by atoms with van der Waals surface area (Å²) in [4.78, 5) is 8.48. The van der Waals surface area contributed by atoms with Crippen LogP contribution in [0.2, 0.25) is 0 Å². The molecule has 0 atom stereocenters. The van der Waals surface area contributed by atoms with E-state index in [1.54, 1.807) is 12.1 Å². The highest BCUT2D eigenvalue weighted by Gasteiger charge is 2.07. The molecule has 3 rings (SSSR count). The van der Waals surface area contributed by atoms with Gasteiger partial charge in [0.05, 0.1) is 11.2 Å². The number of nitrogens with two attached hydrogens (primary N) is 1. The lowest BCUT2D eigenvalue weighted by molar-refractivity contribution is 0.475. The number of fused-ring (bicyclic) bond motifs is 1. The normalized spacial score (nSPS) is 10.7. The molecular weight excluding hydrogens is 226 g/mol. The number of nitrogens with zero attached hydrogens (tertiary/aromatic N) is 2. The van der Waals surface area contributed by atoms with Crippen molar-refractivity contribution in [3.8, 4) is 17.0 Å². The van der Waals surface area contributed by atoms with E-state index >= 15 is 0 Å². The summed E-state index contributed by atoms with van der Waals surface area (Å²) in [6.07, 6.45) is 0. The van der Waals surface area contributed by atoms with Crippen molar-refractivity contribution in [2.45, 2.75) is 0 Å². The minimum atomic E-state index is 0.227. The van der Waals surface area contributed by atoms with Gasteiger partial charge in [0.15, 0.2) is 0 Å². The minimum absolute atomic E-state index is 0.227. The van der Waals surface area contributed by atoms with Crippen LogP contribution < -0.4 is 5.73 Å². The Bertz CT molecular complexity index is 708. The molecule has 0 aliphatic rings. The first kappa shape index (κ1) is 10.5. The highest BCUT2D eigenvalue weighted by molar-refractivity contribution is 5.92. The van der Waals surface area contributed by atoms with Crippen molar-refractivity contribution in [3.63, 3.8) is 0 Å². The lowest BCUT2D eigenvalue weighted by Gasteiger charge is -2.06. The summed E-state index contributed by atoms with van der Waals surface area (Å²) in [6.45, 7) is 0. The van der Waals surface area contributed by atoms with Crippen molar-refractivity contribution < 1.29 is 5.11 Å². The first-order chi connectivity index (χ1) is 8.74. The van der Waals surface area contributed by atoms with Crippen LogP contribution in [0.3, 0.4) is 0 Å². The number of hydrogen-bond acceptors (Lipinski definition) is 4. The monoisotopic (exact) mass is 237 g/mol. The summed E-state index contributed by atoms with van der Waals surface area (Å²) in [5.74, 6) is 0.474. The van der Waals surface area contributed by atoms with Crippen molar-refractivity contribution in [2.75, 3.05) is 5.73 Å². The van der Waals surface area contributed by atoms with Crippen molar-refractivity contribution >= 4 is 16.9 Å². The maximum Gasteiger partial charge on any atom is 0.221 e. The number of aromatic nitrogens is 2. The molecule has 4 nitrogen and oxygen atoms in total. The Morgan fingerprint density at radius 2 is 1.61 bits per heavy atom. The molecule has 2 aromatic carbocycles. The third-order valence-electron chi connectivity index (χ3n) is 2.76. The second kappa shape index (κ2) is 4.00. The summed E-state index contributed by atoms with van der Waals surface area (Å²) in [6, 6.07) is 14.6. The van der Waals surface area contributed by atoms with Gasteiger partial charge in [-0.1, -0.05) is 18.2 Å². The van der Waals surface area contributed by atoms with Crippen molar-refractivity contribution in [3.05, 3.63) is 48.5 Å². The predicted octanol–water partition coefficient (Wildman–Crippen LogP) is 2.58. The maximum absolute atomic E-state index is 9.31. The van der Waals surface area contributed by atoms with Gasteiger partial charge in [0.1, 0.15) is 5.75 Å². The molecule has 0 saturated carbocycles. The van der Waals surface area contributed by atoms with Crippen molar-refractivity contribution in [2.24, 2.45) is 0 Å². The van der Waals surface area contributed by atoms with Crippen LogP contribution >= 0.6 is 0 Å². The van der Waals surface area contributed by atoms with Crippen LogP contribution in [0.25, 0.3) is 22.2 Å². The van der Waals surface area contributed by atoms with Crippen LogP contribution in [0, 0.1) is 0 Å². The second-order valence-electron chi connectivity index (χ2n) is 3.99. The molecule has 0 spiro atoms. The standard InChI is InChI=1S/C14H11N3O/c15-14-16-12-4-2-1-3-11(12)13(17-14)9-5-7-10(18)8-6-9/h1-8,18H,(H2,15,16,17). The predicted molar refractivity (Wildman–Crippen MR) is 71.1 cm³/mol. The first-order valence-corrected chi connectivity index (χ1v) is 5.56. The fourth-order valence-electron chi connectivity index (χ4n) is 1.93. The van der Waals surface area contributed by atoms with E-state index in [0.29, 0.717) is 0 Å². The van der Waals surface area contributed by atoms with E-state index in [0.717, 1.165) is 22.2 Å². The minimum Gasteiger partial charge on any atom is -0.508 e. The SMILES string of the molecule is Nc1nc(-c2ccc(O)cc2)c2ccccc2n1. The Balaban J connectivity index is 2.31. The van der Waals surface area contributed by atoms with Gasteiger partial charge >= 0.3 is 0 Å². The topological polar surface area (TPSA) is 72.0 Å². The van der Waals surface area contributed by atoms with Crippen LogP contribution in [0.1, 0.15) is 0 Å². The van der Waals surface area contributed by atoms with Crippen molar-refractivity contribution in [1.82, 2.24) is 9.97 Å². The molecule has 0 amide bonds. The summed E-state index contributed by atoms with van der Waals surface area (Å²) in [5.41, 5.74) is 8.21. The number of nitrogen functional groups attached to an aromatic ring is 1. The van der Waals surface area contributed by atoms with Crippen LogP contribution in [0.15, 0.2) is 48.5 Å². The zero-order chi connectivity index (χ0) is 12.5. The average Bonchev–Trinajstić information content (AvgIpc) is 2.38. The van der Waals surface area contributed by atoms with Crippen LogP contribution in [-0.4, -0.2) is 15.1 Å². The molecule has 18 heavy (non-hydrogen) atoms. The van der Waals surface area contributed by atoms with Crippen molar-refractivity contribution in [1.29, 1.82) is 0 Å². The Hall–Kier alpha value is -2.62. The van der Waals surface area contributed by atoms with E-state index in [9.17, 15) is 5.11 Å². The maximum atomic E-state index is 9.31. The molecule has 3 aromatic rings. The zero-order valence-electron chi connectivity index (χ0n) is 9.54. The summed E-state index contributed by atoms with van der Waals surface area (Å²) in [7, 11) is 0. The Morgan fingerprint density at radius 3 is 2.39 bits per heavy atom. The lowest BCUT2D eigenvalue weighted by Crippen LogP contribution is -1.97. The van der Waals surface area contributed by atoms with Crippen LogP contribution in [-0.2, 0) is 0 Å². The van der Waals surface area contributed by atoms with E-state index in [4.69, 9.17) is 5.73 Å². The Kier molecular flexibility index (Phi) is 2.34. The number of aromatic hydroxyl groups is 1. The molecule has 0 aliphatic carbocycles. The van der Waals surface area contributed by atoms with Gasteiger partial charge in [-0.05, 0) is 30.3 Å². The summed E-state index contributed by atoms with van der Waals surface area (Å²) >= 11 is 0. The number of rotatable bonds is 1. The molecule has 4 heteroatoms. The van der Waals surface area contributed by atoms with Gasteiger partial charge in [-0.15, -0.1) is 0 Å². The fourth-order valence-corrected chi connectivity index (χ4v) is 1.93. The molecule has 0 radical (unpaired) electrons. The summed E-state index contributed by atoms with van der Waals surface area (Å²) < 4.78 is 0. The number of phenols is 1. The van der Waals surface area contributed by atoms with E-state index in [1.807, 2.05) is 36.4 Å². The summed E-state index contributed by atoms with van der Waals surface area (Å²) in [5, 5.41) is 10.3. The lowest BCUT2D eigenvalue weighted by atomic mass is 10.1. The van der Waals surface area contributed by atoms with Gasteiger partial charge in [-0.3, -0.25) is 0 Å². The van der Waals surface area contributed by atoms with E-state index in [1.165, 1.54) is 0 Å². The zero-order valence-corrected chi connectivity index (χ0v) is 9.54. The largest absolute Gasteiger partial charge is 0.508 e. The third kappa shape index (κ3) is 1.73. The van der Waals surface area contributed by atoms with Gasteiger partial charge in [0, 0.05) is 10.9 Å². The van der Waals surface area contributed by atoms with E-state index < -0.39 is 0 Å². The fraction of sp³-hybridized carbons (Fsp3) is 0. The average molecular weight is 237 g/mol. The Morgan fingerprint density at radius 1 is 0.889 bits per heavy atom. The molecule has 0 unspecified atom stereocenters. The van der Waals surface area contributed by atoms with Gasteiger partial charge < -0.3 is 10.8 Å². The molecule has 0 bridgehead atoms. The molecule has 0 saturated heterocycles. The number of para-hydroxylation sites is 1. The quantitative estimate of drug-likeness (QED) is 0.682. The first-order valence-electron chi connectivity index (χ1n) is 5.56. The number of phenolic OH excluding ortho intramolecular Hbond substituents is 1. The number of benzene rings is 2. The molecule has 0 fully saturated rings. The van der Waals surface area contributed by atoms with E-state index in [2.05, 4.69) is 9.97 Å². The smallest absolute Gasteiger partial charge is 0.221 e. The Labute approximate surface area is 104 Å². The number of hydrogen-bond donors (Lipinski definition) is 2. The second-order valence-corrected chi connectivity index (χ2v) is 3.99. The van der Waals surface area contributed by atoms with Gasteiger partial charge in [-0.2, -0.15) is 0 Å². The molecule has 1 heterocycles.